The van der Waals surface area contributed by atoms with Gasteiger partial charge in [-0.3, -0.25) is 14.2 Å². The summed E-state index contributed by atoms with van der Waals surface area (Å²) in [5, 5.41) is 2.92. The molecular weight excluding hydrogens is 456 g/mol. The highest BCUT2D eigenvalue weighted by atomic mass is 16.5. The minimum Gasteiger partial charge on any atom is -0.439 e. The number of aryl methyl sites for hydroxylation is 3. The first-order valence-electron chi connectivity index (χ1n) is 11.7. The van der Waals surface area contributed by atoms with Gasteiger partial charge in [-0.15, -0.1) is 0 Å². The summed E-state index contributed by atoms with van der Waals surface area (Å²) >= 11 is 0. The van der Waals surface area contributed by atoms with Gasteiger partial charge in [-0.1, -0.05) is 6.07 Å². The summed E-state index contributed by atoms with van der Waals surface area (Å²) < 4.78 is 7.68. The van der Waals surface area contributed by atoms with E-state index in [0.717, 1.165) is 11.3 Å². The number of nitrogens with one attached hydrogen (secondary N) is 1. The number of aromatic nitrogens is 4. The molecule has 4 aromatic rings. The fourth-order valence-corrected chi connectivity index (χ4v) is 4.10. The average molecular weight is 483 g/mol. The van der Waals surface area contributed by atoms with E-state index in [4.69, 9.17) is 4.74 Å². The Morgan fingerprint density at radius 2 is 1.83 bits per heavy atom. The molecule has 1 aliphatic heterocycles. The topological polar surface area (TPSA) is 102 Å². The molecule has 1 saturated heterocycles. The monoisotopic (exact) mass is 482 g/mol. The summed E-state index contributed by atoms with van der Waals surface area (Å²) in [6.07, 6.45) is 5.31. The van der Waals surface area contributed by atoms with Crippen molar-refractivity contribution in [3.8, 4) is 17.4 Å². The molecule has 3 heterocycles. The van der Waals surface area contributed by atoms with Crippen molar-refractivity contribution in [3.05, 3.63) is 84.2 Å². The minimum atomic E-state index is -0.416. The zero-order valence-electron chi connectivity index (χ0n) is 20.3. The molecule has 2 aromatic heterocycles. The Balaban J connectivity index is 1.22. The van der Waals surface area contributed by atoms with Gasteiger partial charge in [0.25, 0.3) is 0 Å². The second-order valence-corrected chi connectivity index (χ2v) is 8.87. The van der Waals surface area contributed by atoms with Crippen molar-refractivity contribution in [2.24, 2.45) is 5.92 Å². The van der Waals surface area contributed by atoms with E-state index < -0.39 is 5.92 Å². The van der Waals surface area contributed by atoms with Crippen LogP contribution < -0.4 is 15.0 Å². The van der Waals surface area contributed by atoms with Crippen LogP contribution in [-0.4, -0.2) is 37.9 Å². The minimum absolute atomic E-state index is 0.0441. The first-order valence-corrected chi connectivity index (χ1v) is 11.7. The molecule has 9 nitrogen and oxygen atoms in total. The highest BCUT2D eigenvalue weighted by molar-refractivity contribution is 6.03. The molecule has 1 N–H and O–H groups in total. The van der Waals surface area contributed by atoms with E-state index in [1.807, 2.05) is 32.0 Å². The van der Waals surface area contributed by atoms with Crippen LogP contribution in [-0.2, 0) is 9.59 Å². The van der Waals surface area contributed by atoms with Gasteiger partial charge in [-0.05, 0) is 68.3 Å². The summed E-state index contributed by atoms with van der Waals surface area (Å²) in [7, 11) is 0. The third-order valence-electron chi connectivity index (χ3n) is 6.21. The Hall–Kier alpha value is -4.53. The molecule has 2 aromatic carbocycles. The van der Waals surface area contributed by atoms with E-state index in [1.54, 1.807) is 65.4 Å². The standard InChI is InChI=1S/C27H26N6O3/c1-17-4-7-22(12-18(17)2)33-15-20(13-26(33)34)27(35)31-21-5-8-23(9-6-21)36-25-14-24(29-19(3)30-25)32-11-10-28-16-32/h4-12,14,16,20H,13,15H2,1-3H3,(H,31,35). The van der Waals surface area contributed by atoms with Gasteiger partial charge >= 0.3 is 0 Å². The number of anilines is 2. The number of ether oxygens (including phenoxy) is 1. The maximum Gasteiger partial charge on any atom is 0.229 e. The van der Waals surface area contributed by atoms with Crippen LogP contribution in [0.15, 0.2) is 67.3 Å². The molecule has 9 heteroatoms. The van der Waals surface area contributed by atoms with Crippen molar-refractivity contribution in [2.75, 3.05) is 16.8 Å². The maximum absolute atomic E-state index is 12.9. The first-order chi connectivity index (χ1) is 17.4. The molecular formula is C27H26N6O3. The van der Waals surface area contributed by atoms with E-state index in [0.29, 0.717) is 35.5 Å². The lowest BCUT2D eigenvalue weighted by molar-refractivity contribution is -0.122. The fourth-order valence-electron chi connectivity index (χ4n) is 4.10. The molecule has 1 atom stereocenters. The van der Waals surface area contributed by atoms with Gasteiger partial charge in [0, 0.05) is 42.8 Å². The van der Waals surface area contributed by atoms with Crippen molar-refractivity contribution in [1.82, 2.24) is 19.5 Å². The first kappa shape index (κ1) is 23.2. The molecule has 2 amide bonds. The predicted octanol–water partition coefficient (Wildman–Crippen LogP) is 4.37. The molecule has 0 aliphatic carbocycles. The number of hydrogen-bond acceptors (Lipinski definition) is 6. The second-order valence-electron chi connectivity index (χ2n) is 8.87. The highest BCUT2D eigenvalue weighted by Gasteiger charge is 2.35. The van der Waals surface area contributed by atoms with Crippen LogP contribution in [0.3, 0.4) is 0 Å². The zero-order chi connectivity index (χ0) is 25.2. The van der Waals surface area contributed by atoms with E-state index >= 15 is 0 Å². The van der Waals surface area contributed by atoms with Crippen LogP contribution in [0.4, 0.5) is 11.4 Å². The lowest BCUT2D eigenvalue weighted by atomic mass is 10.1. The number of rotatable bonds is 6. The highest BCUT2D eigenvalue weighted by Crippen LogP contribution is 2.28. The van der Waals surface area contributed by atoms with Gasteiger partial charge in [0.2, 0.25) is 17.7 Å². The maximum atomic E-state index is 12.9. The number of amides is 2. The van der Waals surface area contributed by atoms with Crippen LogP contribution in [0.5, 0.6) is 11.6 Å². The summed E-state index contributed by atoms with van der Waals surface area (Å²) in [6.45, 7) is 6.20. The number of hydrogen-bond donors (Lipinski definition) is 1. The molecule has 182 valence electrons. The summed E-state index contributed by atoms with van der Waals surface area (Å²) in [5.74, 6) is 1.55. The van der Waals surface area contributed by atoms with Gasteiger partial charge in [0.05, 0.1) is 5.92 Å². The van der Waals surface area contributed by atoms with E-state index in [2.05, 4.69) is 20.3 Å². The quantitative estimate of drug-likeness (QED) is 0.438. The fraction of sp³-hybridized carbons (Fsp3) is 0.222. The van der Waals surface area contributed by atoms with Crippen molar-refractivity contribution in [3.63, 3.8) is 0 Å². The van der Waals surface area contributed by atoms with Gasteiger partial charge in [0.1, 0.15) is 23.7 Å². The Morgan fingerprint density at radius 3 is 2.56 bits per heavy atom. The molecule has 1 unspecified atom stereocenters. The predicted molar refractivity (Wildman–Crippen MR) is 135 cm³/mol. The summed E-state index contributed by atoms with van der Waals surface area (Å²) in [6, 6.07) is 14.7. The van der Waals surface area contributed by atoms with E-state index in [-0.39, 0.29) is 18.2 Å². The largest absolute Gasteiger partial charge is 0.439 e. The molecule has 0 bridgehead atoms. The molecule has 1 fully saturated rings. The van der Waals surface area contributed by atoms with Crippen molar-refractivity contribution < 1.29 is 14.3 Å². The van der Waals surface area contributed by atoms with E-state index in [1.165, 1.54) is 5.56 Å². The van der Waals surface area contributed by atoms with Gasteiger partial charge < -0.3 is 15.0 Å². The second kappa shape index (κ2) is 9.61. The Bertz CT molecular complexity index is 1420. The molecule has 0 spiro atoms. The smallest absolute Gasteiger partial charge is 0.229 e. The summed E-state index contributed by atoms with van der Waals surface area (Å²) in [5.41, 5.74) is 3.74. The van der Waals surface area contributed by atoms with Crippen LogP contribution >= 0.6 is 0 Å². The SMILES string of the molecule is Cc1nc(Oc2ccc(NC(=O)C3CC(=O)N(c4ccc(C)c(C)c4)C3)cc2)cc(-n2ccnc2)n1. The Labute approximate surface area is 208 Å². The molecule has 5 rings (SSSR count). The zero-order valence-corrected chi connectivity index (χ0v) is 20.3. The molecule has 1 aliphatic rings. The molecule has 36 heavy (non-hydrogen) atoms. The number of imidazole rings is 1. The molecule has 0 saturated carbocycles. The number of benzene rings is 2. The third kappa shape index (κ3) is 4.95. The Morgan fingerprint density at radius 1 is 1.03 bits per heavy atom. The van der Waals surface area contributed by atoms with Gasteiger partial charge in [0.15, 0.2) is 0 Å². The number of carbonyl (C=O) groups is 2. The van der Waals surface area contributed by atoms with Crippen LogP contribution in [0, 0.1) is 26.7 Å². The Kier molecular flexibility index (Phi) is 6.20. The van der Waals surface area contributed by atoms with Crippen molar-refractivity contribution >= 4 is 23.2 Å². The number of carbonyl (C=O) groups excluding carboxylic acids is 2. The lowest BCUT2D eigenvalue weighted by Gasteiger charge is -2.18. The lowest BCUT2D eigenvalue weighted by Crippen LogP contribution is -2.28. The van der Waals surface area contributed by atoms with Gasteiger partial charge in [-0.2, -0.15) is 4.98 Å². The van der Waals surface area contributed by atoms with Crippen LogP contribution in [0.25, 0.3) is 5.82 Å². The van der Waals surface area contributed by atoms with Crippen LogP contribution in [0.1, 0.15) is 23.4 Å². The van der Waals surface area contributed by atoms with Crippen molar-refractivity contribution in [1.29, 1.82) is 0 Å². The average Bonchev–Trinajstić information content (AvgIpc) is 3.52. The normalized spacial score (nSPS) is 15.2. The molecule has 0 radical (unpaired) electrons. The van der Waals surface area contributed by atoms with Crippen LogP contribution in [0.2, 0.25) is 0 Å². The third-order valence-corrected chi connectivity index (χ3v) is 6.21. The van der Waals surface area contributed by atoms with Crippen molar-refractivity contribution in [2.45, 2.75) is 27.2 Å². The van der Waals surface area contributed by atoms with Gasteiger partial charge in [-0.25, -0.2) is 9.97 Å². The van der Waals surface area contributed by atoms with E-state index in [9.17, 15) is 9.59 Å². The number of nitrogens with zero attached hydrogens (tertiary/aromatic N) is 5. The summed E-state index contributed by atoms with van der Waals surface area (Å²) in [4.78, 5) is 39.9.